The van der Waals surface area contributed by atoms with Gasteiger partial charge in [0, 0.05) is 31.9 Å². The first-order valence-electron chi connectivity index (χ1n) is 7.51. The minimum Gasteiger partial charge on any atom is -0.359 e. The molecule has 1 fully saturated rings. The molecule has 1 N–H and O–H groups in total. The maximum atomic E-state index is 4.74. The number of aryl methyl sites for hydroxylation is 1. The quantitative estimate of drug-likeness (QED) is 0.817. The lowest BCUT2D eigenvalue weighted by Gasteiger charge is -2.22. The molecule has 106 valence electrons. The van der Waals surface area contributed by atoms with Gasteiger partial charge in [0.2, 0.25) is 0 Å². The van der Waals surface area contributed by atoms with Gasteiger partial charge in [0.25, 0.3) is 0 Å². The van der Waals surface area contributed by atoms with Gasteiger partial charge >= 0.3 is 0 Å². The summed E-state index contributed by atoms with van der Waals surface area (Å²) in [5.74, 6) is 1.80. The van der Waals surface area contributed by atoms with Crippen LogP contribution in [-0.4, -0.2) is 24.6 Å². The summed E-state index contributed by atoms with van der Waals surface area (Å²) in [6, 6.07) is 5.13. The maximum Gasteiger partial charge on any atom is 0.128 e. The van der Waals surface area contributed by atoms with E-state index in [1.807, 2.05) is 0 Å². The van der Waals surface area contributed by atoms with E-state index >= 15 is 0 Å². The third kappa shape index (κ3) is 4.20. The second-order valence-electron chi connectivity index (χ2n) is 5.96. The molecule has 19 heavy (non-hydrogen) atoms. The van der Waals surface area contributed by atoms with Crippen molar-refractivity contribution in [2.45, 2.75) is 52.6 Å². The third-order valence-electron chi connectivity index (χ3n) is 4.01. The molecule has 1 unspecified atom stereocenters. The summed E-state index contributed by atoms with van der Waals surface area (Å²) in [6.45, 7) is 8.67. The van der Waals surface area contributed by atoms with Crippen LogP contribution in [0.4, 0.5) is 5.82 Å². The lowest BCUT2D eigenvalue weighted by Crippen LogP contribution is -2.25. The molecule has 0 aromatic carbocycles. The standard InChI is InChI=1S/C16H27N3/c1-5-12(2)11-19(4)16-9-6-14(13(3)18-16)10-17-15-7-8-15/h6,9,12,15,17H,5,7-8,10-11H2,1-4H3. The predicted molar refractivity (Wildman–Crippen MR) is 81.6 cm³/mol. The van der Waals surface area contributed by atoms with Crippen molar-refractivity contribution in [1.82, 2.24) is 10.3 Å². The molecule has 1 aliphatic rings. The predicted octanol–water partition coefficient (Wildman–Crippen LogP) is 3.12. The van der Waals surface area contributed by atoms with Gasteiger partial charge in [0.15, 0.2) is 0 Å². The van der Waals surface area contributed by atoms with Gasteiger partial charge in [-0.25, -0.2) is 4.98 Å². The molecule has 0 aliphatic heterocycles. The summed E-state index contributed by atoms with van der Waals surface area (Å²) in [5, 5.41) is 3.55. The Morgan fingerprint density at radius 3 is 2.74 bits per heavy atom. The van der Waals surface area contributed by atoms with Crippen molar-refractivity contribution >= 4 is 5.82 Å². The minimum absolute atomic E-state index is 0.711. The van der Waals surface area contributed by atoms with Gasteiger partial charge in [-0.1, -0.05) is 26.3 Å². The molecule has 3 nitrogen and oxygen atoms in total. The van der Waals surface area contributed by atoms with Crippen LogP contribution in [0.3, 0.4) is 0 Å². The lowest BCUT2D eigenvalue weighted by atomic mass is 10.1. The van der Waals surface area contributed by atoms with Crippen molar-refractivity contribution in [1.29, 1.82) is 0 Å². The van der Waals surface area contributed by atoms with Crippen LogP contribution in [0.2, 0.25) is 0 Å². The van der Waals surface area contributed by atoms with Gasteiger partial charge in [0.05, 0.1) is 0 Å². The van der Waals surface area contributed by atoms with Crippen LogP contribution in [0.1, 0.15) is 44.4 Å². The molecule has 1 atom stereocenters. The largest absolute Gasteiger partial charge is 0.359 e. The van der Waals surface area contributed by atoms with E-state index in [0.29, 0.717) is 5.92 Å². The Kier molecular flexibility index (Phi) is 4.81. The lowest BCUT2D eigenvalue weighted by molar-refractivity contribution is 0.557. The fraction of sp³-hybridized carbons (Fsp3) is 0.688. The smallest absolute Gasteiger partial charge is 0.128 e. The second kappa shape index (κ2) is 6.38. The highest BCUT2D eigenvalue weighted by molar-refractivity contribution is 5.40. The Balaban J connectivity index is 1.96. The molecule has 3 heteroatoms. The molecule has 1 aliphatic carbocycles. The summed E-state index contributed by atoms with van der Waals surface area (Å²) < 4.78 is 0. The van der Waals surface area contributed by atoms with Crippen molar-refractivity contribution in [3.63, 3.8) is 0 Å². The molecular weight excluding hydrogens is 234 g/mol. The Labute approximate surface area is 117 Å². The molecular formula is C16H27N3. The van der Waals surface area contributed by atoms with E-state index in [0.717, 1.165) is 30.6 Å². The van der Waals surface area contributed by atoms with Crippen LogP contribution in [0.5, 0.6) is 0 Å². The Morgan fingerprint density at radius 1 is 1.42 bits per heavy atom. The number of hydrogen-bond donors (Lipinski definition) is 1. The first-order valence-corrected chi connectivity index (χ1v) is 7.51. The highest BCUT2D eigenvalue weighted by atomic mass is 15.2. The van der Waals surface area contributed by atoms with Gasteiger partial charge < -0.3 is 10.2 Å². The molecule has 1 aromatic heterocycles. The van der Waals surface area contributed by atoms with Gasteiger partial charge in [-0.3, -0.25) is 0 Å². The topological polar surface area (TPSA) is 28.2 Å². The molecule has 2 rings (SSSR count). The Hall–Kier alpha value is -1.09. The van der Waals surface area contributed by atoms with E-state index in [1.165, 1.54) is 24.8 Å². The molecule has 0 amide bonds. The number of rotatable bonds is 7. The fourth-order valence-corrected chi connectivity index (χ4v) is 2.21. The van der Waals surface area contributed by atoms with E-state index in [-0.39, 0.29) is 0 Å². The number of anilines is 1. The fourth-order valence-electron chi connectivity index (χ4n) is 2.21. The average Bonchev–Trinajstić information content (AvgIpc) is 3.21. The number of hydrogen-bond acceptors (Lipinski definition) is 3. The summed E-state index contributed by atoms with van der Waals surface area (Å²) in [6.07, 6.45) is 3.89. The average molecular weight is 261 g/mol. The van der Waals surface area contributed by atoms with Gasteiger partial charge in [-0.15, -0.1) is 0 Å². The van der Waals surface area contributed by atoms with E-state index in [9.17, 15) is 0 Å². The molecule has 1 heterocycles. The van der Waals surface area contributed by atoms with Crippen LogP contribution in [-0.2, 0) is 6.54 Å². The van der Waals surface area contributed by atoms with Crippen LogP contribution in [0.15, 0.2) is 12.1 Å². The van der Waals surface area contributed by atoms with Gasteiger partial charge in [0.1, 0.15) is 5.82 Å². The zero-order valence-corrected chi connectivity index (χ0v) is 12.7. The highest BCUT2D eigenvalue weighted by Gasteiger charge is 2.20. The molecule has 0 saturated heterocycles. The summed E-state index contributed by atoms with van der Waals surface area (Å²) in [7, 11) is 2.13. The molecule has 1 aromatic rings. The number of aromatic nitrogens is 1. The number of nitrogens with one attached hydrogen (secondary N) is 1. The minimum atomic E-state index is 0.711. The van der Waals surface area contributed by atoms with E-state index < -0.39 is 0 Å². The van der Waals surface area contributed by atoms with Crippen LogP contribution in [0, 0.1) is 12.8 Å². The van der Waals surface area contributed by atoms with Gasteiger partial charge in [-0.2, -0.15) is 0 Å². The van der Waals surface area contributed by atoms with Crippen LogP contribution >= 0.6 is 0 Å². The number of nitrogens with zero attached hydrogens (tertiary/aromatic N) is 2. The third-order valence-corrected chi connectivity index (χ3v) is 4.01. The summed E-state index contributed by atoms with van der Waals surface area (Å²) in [5.41, 5.74) is 2.48. The van der Waals surface area contributed by atoms with Crippen molar-refractivity contribution < 1.29 is 0 Å². The van der Waals surface area contributed by atoms with Gasteiger partial charge in [-0.05, 0) is 37.3 Å². The zero-order valence-electron chi connectivity index (χ0n) is 12.7. The first kappa shape index (κ1) is 14.3. The highest BCUT2D eigenvalue weighted by Crippen LogP contribution is 2.20. The van der Waals surface area contributed by atoms with E-state index in [1.54, 1.807) is 0 Å². The first-order chi connectivity index (χ1) is 9.10. The van der Waals surface area contributed by atoms with Crippen LogP contribution < -0.4 is 10.2 Å². The zero-order chi connectivity index (χ0) is 13.8. The monoisotopic (exact) mass is 261 g/mol. The van der Waals surface area contributed by atoms with E-state index in [2.05, 4.69) is 50.2 Å². The second-order valence-corrected chi connectivity index (χ2v) is 5.96. The van der Waals surface area contributed by atoms with E-state index in [4.69, 9.17) is 4.98 Å². The normalized spacial score (nSPS) is 16.4. The molecule has 0 radical (unpaired) electrons. The van der Waals surface area contributed by atoms with Crippen molar-refractivity contribution in [3.8, 4) is 0 Å². The Morgan fingerprint density at radius 2 is 2.16 bits per heavy atom. The van der Waals surface area contributed by atoms with Crippen molar-refractivity contribution in [2.24, 2.45) is 5.92 Å². The SMILES string of the molecule is CCC(C)CN(C)c1ccc(CNC2CC2)c(C)n1. The van der Waals surface area contributed by atoms with Crippen molar-refractivity contribution in [2.75, 3.05) is 18.5 Å². The molecule has 1 saturated carbocycles. The molecule has 0 bridgehead atoms. The maximum absolute atomic E-state index is 4.74. The summed E-state index contributed by atoms with van der Waals surface area (Å²) >= 11 is 0. The van der Waals surface area contributed by atoms with Crippen molar-refractivity contribution in [3.05, 3.63) is 23.4 Å². The molecule has 0 spiro atoms. The summed E-state index contributed by atoms with van der Waals surface area (Å²) in [4.78, 5) is 7.01. The number of pyridine rings is 1. The van der Waals surface area contributed by atoms with Crippen LogP contribution in [0.25, 0.3) is 0 Å². The Bertz CT molecular complexity index is 412.